The van der Waals surface area contributed by atoms with Gasteiger partial charge in [-0.15, -0.1) is 0 Å². The number of hydrogen-bond donors (Lipinski definition) is 0. The largest absolute Gasteiger partial charge is 0.341 e. The van der Waals surface area contributed by atoms with E-state index in [1.807, 2.05) is 19.2 Å². The molecule has 1 fully saturated rings. The standard InChI is InChI=1S/C21H22N4O/c1-15(24-26)16-9-12-25(13-10-16)21-22-11-8-20(23-21)19-7-6-17-4-2-3-5-18(17)14-19/h2-8,11,14-16H,9-10,12-13H2,1H3. The monoisotopic (exact) mass is 346 g/mol. The SMILES string of the molecule is CC(N=O)C1CCN(c2nccc(-c3ccc4ccccc4c3)n2)CC1. The van der Waals surface area contributed by atoms with Gasteiger partial charge >= 0.3 is 0 Å². The first-order chi connectivity index (χ1) is 12.7. The van der Waals surface area contributed by atoms with Gasteiger partial charge in [-0.3, -0.25) is 0 Å². The van der Waals surface area contributed by atoms with Crippen LogP contribution in [0.5, 0.6) is 0 Å². The molecule has 5 nitrogen and oxygen atoms in total. The number of benzene rings is 2. The summed E-state index contributed by atoms with van der Waals surface area (Å²) in [4.78, 5) is 22.2. The molecule has 0 radical (unpaired) electrons. The first-order valence-electron chi connectivity index (χ1n) is 9.14. The number of fused-ring (bicyclic) bond motifs is 1. The first-order valence-corrected chi connectivity index (χ1v) is 9.14. The Balaban J connectivity index is 1.56. The highest BCUT2D eigenvalue weighted by Crippen LogP contribution is 2.27. The van der Waals surface area contributed by atoms with Gasteiger partial charge in [-0.1, -0.05) is 41.6 Å². The van der Waals surface area contributed by atoms with E-state index in [2.05, 4.69) is 57.5 Å². The molecule has 26 heavy (non-hydrogen) atoms. The zero-order valence-corrected chi connectivity index (χ0v) is 14.9. The molecule has 0 aliphatic carbocycles. The fourth-order valence-corrected chi connectivity index (χ4v) is 3.68. The Morgan fingerprint density at radius 3 is 2.62 bits per heavy atom. The van der Waals surface area contributed by atoms with E-state index >= 15 is 0 Å². The van der Waals surface area contributed by atoms with Crippen LogP contribution in [0.1, 0.15) is 19.8 Å². The number of aromatic nitrogens is 2. The maximum absolute atomic E-state index is 10.8. The van der Waals surface area contributed by atoms with Gasteiger partial charge in [0, 0.05) is 24.8 Å². The summed E-state index contributed by atoms with van der Waals surface area (Å²) >= 11 is 0. The van der Waals surface area contributed by atoms with Crippen molar-refractivity contribution in [3.8, 4) is 11.3 Å². The molecule has 1 saturated heterocycles. The van der Waals surface area contributed by atoms with E-state index < -0.39 is 0 Å². The van der Waals surface area contributed by atoms with Crippen LogP contribution in [0, 0.1) is 10.8 Å². The van der Waals surface area contributed by atoms with Crippen molar-refractivity contribution in [1.29, 1.82) is 0 Å². The molecule has 4 rings (SSSR count). The molecule has 132 valence electrons. The van der Waals surface area contributed by atoms with E-state index in [0.29, 0.717) is 5.92 Å². The maximum atomic E-state index is 10.8. The Morgan fingerprint density at radius 1 is 1.08 bits per heavy atom. The summed E-state index contributed by atoms with van der Waals surface area (Å²) < 4.78 is 0. The van der Waals surface area contributed by atoms with Crippen molar-refractivity contribution in [2.45, 2.75) is 25.8 Å². The molecule has 1 aromatic heterocycles. The molecule has 0 saturated carbocycles. The molecule has 0 amide bonds. The smallest absolute Gasteiger partial charge is 0.225 e. The van der Waals surface area contributed by atoms with Gasteiger partial charge in [0.2, 0.25) is 5.95 Å². The number of rotatable bonds is 4. The minimum absolute atomic E-state index is 0.109. The van der Waals surface area contributed by atoms with Gasteiger partial charge in [0.15, 0.2) is 0 Å². The Hall–Kier alpha value is -2.82. The van der Waals surface area contributed by atoms with Crippen LogP contribution in [0.3, 0.4) is 0 Å². The lowest BCUT2D eigenvalue weighted by Crippen LogP contribution is -2.37. The Bertz CT molecular complexity index is 919. The minimum Gasteiger partial charge on any atom is -0.341 e. The van der Waals surface area contributed by atoms with Crippen LogP contribution in [0.15, 0.2) is 59.9 Å². The molecule has 5 heteroatoms. The average Bonchev–Trinajstić information content (AvgIpc) is 2.73. The molecule has 0 N–H and O–H groups in total. The molecule has 1 aliphatic heterocycles. The third-order valence-corrected chi connectivity index (χ3v) is 5.36. The third-order valence-electron chi connectivity index (χ3n) is 5.36. The normalized spacial score (nSPS) is 16.6. The van der Waals surface area contributed by atoms with Gasteiger partial charge in [0.1, 0.15) is 0 Å². The highest BCUT2D eigenvalue weighted by molar-refractivity contribution is 5.86. The van der Waals surface area contributed by atoms with Crippen molar-refractivity contribution in [3.63, 3.8) is 0 Å². The van der Waals surface area contributed by atoms with Crippen molar-refractivity contribution in [3.05, 3.63) is 59.6 Å². The number of piperidine rings is 1. The van der Waals surface area contributed by atoms with E-state index in [-0.39, 0.29) is 6.04 Å². The lowest BCUT2D eigenvalue weighted by molar-refractivity contribution is 0.352. The minimum atomic E-state index is -0.109. The summed E-state index contributed by atoms with van der Waals surface area (Å²) in [6.07, 6.45) is 3.74. The lowest BCUT2D eigenvalue weighted by Gasteiger charge is -2.32. The molecule has 1 aliphatic rings. The van der Waals surface area contributed by atoms with Crippen LogP contribution in [0.2, 0.25) is 0 Å². The molecule has 3 aromatic rings. The quantitative estimate of drug-likeness (QED) is 0.644. The third kappa shape index (κ3) is 3.29. The van der Waals surface area contributed by atoms with E-state index in [0.717, 1.165) is 43.1 Å². The summed E-state index contributed by atoms with van der Waals surface area (Å²) in [6, 6.07) is 16.6. The highest BCUT2D eigenvalue weighted by Gasteiger charge is 2.25. The van der Waals surface area contributed by atoms with Gasteiger partial charge in [0.25, 0.3) is 0 Å². The van der Waals surface area contributed by atoms with Gasteiger partial charge in [0.05, 0.1) is 11.7 Å². The van der Waals surface area contributed by atoms with Gasteiger partial charge in [-0.2, -0.15) is 4.91 Å². The van der Waals surface area contributed by atoms with Crippen molar-refractivity contribution in [1.82, 2.24) is 9.97 Å². The van der Waals surface area contributed by atoms with E-state index in [1.54, 1.807) is 0 Å². The molecule has 0 bridgehead atoms. The van der Waals surface area contributed by atoms with Crippen LogP contribution < -0.4 is 4.90 Å². The van der Waals surface area contributed by atoms with E-state index in [9.17, 15) is 4.91 Å². The summed E-state index contributed by atoms with van der Waals surface area (Å²) in [5, 5.41) is 5.63. The van der Waals surface area contributed by atoms with Crippen LogP contribution in [-0.4, -0.2) is 29.1 Å². The fraction of sp³-hybridized carbons (Fsp3) is 0.333. The second-order valence-corrected chi connectivity index (χ2v) is 6.97. The average molecular weight is 346 g/mol. The molecule has 2 heterocycles. The zero-order chi connectivity index (χ0) is 17.9. The molecule has 1 atom stereocenters. The highest BCUT2D eigenvalue weighted by atomic mass is 16.3. The maximum Gasteiger partial charge on any atom is 0.225 e. The Labute approximate surface area is 153 Å². The molecular weight excluding hydrogens is 324 g/mol. The van der Waals surface area contributed by atoms with Gasteiger partial charge < -0.3 is 4.90 Å². The lowest BCUT2D eigenvalue weighted by atomic mass is 9.91. The van der Waals surface area contributed by atoms with Crippen molar-refractivity contribution in [2.24, 2.45) is 11.1 Å². The zero-order valence-electron chi connectivity index (χ0n) is 14.9. The summed E-state index contributed by atoms with van der Waals surface area (Å²) in [7, 11) is 0. The molecule has 2 aromatic carbocycles. The second-order valence-electron chi connectivity index (χ2n) is 6.97. The van der Waals surface area contributed by atoms with Gasteiger partial charge in [-0.25, -0.2) is 9.97 Å². The first kappa shape index (κ1) is 16.6. The molecule has 1 unspecified atom stereocenters. The van der Waals surface area contributed by atoms with Crippen LogP contribution in [-0.2, 0) is 0 Å². The summed E-state index contributed by atoms with van der Waals surface area (Å²) in [6.45, 7) is 3.64. The fourth-order valence-electron chi connectivity index (χ4n) is 3.68. The number of nitrogens with zero attached hydrogens (tertiary/aromatic N) is 4. The van der Waals surface area contributed by atoms with Crippen molar-refractivity contribution >= 4 is 16.7 Å². The molecule has 0 spiro atoms. The van der Waals surface area contributed by atoms with E-state index in [4.69, 9.17) is 4.98 Å². The topological polar surface area (TPSA) is 58.5 Å². The number of anilines is 1. The Kier molecular flexibility index (Phi) is 4.61. The number of nitroso groups, excluding NO2 is 1. The summed E-state index contributed by atoms with van der Waals surface area (Å²) in [5.41, 5.74) is 2.03. The number of hydrogen-bond acceptors (Lipinski definition) is 5. The summed E-state index contributed by atoms with van der Waals surface area (Å²) in [5.74, 6) is 1.13. The second kappa shape index (κ2) is 7.20. The predicted octanol–water partition coefficient (Wildman–Crippen LogP) is 4.67. The van der Waals surface area contributed by atoms with E-state index in [1.165, 1.54) is 10.8 Å². The van der Waals surface area contributed by atoms with Crippen molar-refractivity contribution < 1.29 is 0 Å². The van der Waals surface area contributed by atoms with Gasteiger partial charge in [-0.05, 0) is 48.6 Å². The molecular formula is C21H22N4O. The van der Waals surface area contributed by atoms with Crippen molar-refractivity contribution in [2.75, 3.05) is 18.0 Å². The van der Waals surface area contributed by atoms with Crippen LogP contribution in [0.25, 0.3) is 22.0 Å². The van der Waals surface area contributed by atoms with Crippen LogP contribution >= 0.6 is 0 Å². The van der Waals surface area contributed by atoms with Crippen LogP contribution in [0.4, 0.5) is 5.95 Å². The Morgan fingerprint density at radius 2 is 1.85 bits per heavy atom. The predicted molar refractivity (Wildman–Crippen MR) is 105 cm³/mol.